The summed E-state index contributed by atoms with van der Waals surface area (Å²) in [5, 5.41) is 0. The van der Waals surface area contributed by atoms with Crippen molar-refractivity contribution in [2.45, 2.75) is 31.1 Å². The number of ether oxygens (including phenoxy) is 1. The molecule has 1 aliphatic heterocycles. The zero-order valence-electron chi connectivity index (χ0n) is 13.4. The molecule has 0 spiro atoms. The molecule has 2 rings (SSSR count). The average Bonchev–Trinajstić information content (AvgIpc) is 2.55. The molecular formula is C16H26N2O3S. The van der Waals surface area contributed by atoms with Gasteiger partial charge >= 0.3 is 0 Å². The zero-order valence-corrected chi connectivity index (χ0v) is 14.2. The van der Waals surface area contributed by atoms with E-state index < -0.39 is 10.0 Å². The predicted molar refractivity (Wildman–Crippen MR) is 87.6 cm³/mol. The average molecular weight is 326 g/mol. The molecule has 0 saturated carbocycles. The van der Waals surface area contributed by atoms with Crippen LogP contribution in [0.3, 0.4) is 0 Å². The van der Waals surface area contributed by atoms with E-state index in [4.69, 9.17) is 4.74 Å². The van der Waals surface area contributed by atoms with Crippen LogP contribution in [-0.2, 0) is 14.8 Å². The van der Waals surface area contributed by atoms with Crippen LogP contribution in [0.1, 0.15) is 31.7 Å². The highest BCUT2D eigenvalue weighted by Crippen LogP contribution is 2.20. The fraction of sp³-hybridized carbons (Fsp3) is 0.625. The molecule has 1 unspecified atom stereocenters. The van der Waals surface area contributed by atoms with Gasteiger partial charge < -0.3 is 4.74 Å². The molecular weight excluding hydrogens is 300 g/mol. The summed E-state index contributed by atoms with van der Waals surface area (Å²) in [5.74, 6) is 0.450. The van der Waals surface area contributed by atoms with Crippen molar-refractivity contribution < 1.29 is 13.2 Å². The number of rotatable bonds is 7. The molecule has 22 heavy (non-hydrogen) atoms. The molecule has 0 bridgehead atoms. The van der Waals surface area contributed by atoms with E-state index in [2.05, 4.69) is 23.5 Å². The SMILES string of the molecule is CCC(C)c1ccc(S(=O)(=O)NCCN2CCOCC2)cc1. The molecule has 1 heterocycles. The summed E-state index contributed by atoms with van der Waals surface area (Å²) >= 11 is 0. The van der Waals surface area contributed by atoms with Gasteiger partial charge in [0.05, 0.1) is 18.1 Å². The second kappa shape index (κ2) is 8.06. The first-order valence-electron chi connectivity index (χ1n) is 7.92. The molecule has 1 N–H and O–H groups in total. The van der Waals surface area contributed by atoms with Crippen LogP contribution in [0.4, 0.5) is 0 Å². The van der Waals surface area contributed by atoms with Crippen LogP contribution in [-0.4, -0.2) is 52.7 Å². The third-order valence-electron chi connectivity index (χ3n) is 4.20. The minimum Gasteiger partial charge on any atom is -0.379 e. The van der Waals surface area contributed by atoms with Gasteiger partial charge in [0, 0.05) is 26.2 Å². The van der Waals surface area contributed by atoms with Crippen molar-refractivity contribution in [1.29, 1.82) is 0 Å². The lowest BCUT2D eigenvalue weighted by Gasteiger charge is -2.26. The molecule has 0 radical (unpaired) electrons. The van der Waals surface area contributed by atoms with E-state index >= 15 is 0 Å². The minimum atomic E-state index is -3.42. The molecule has 1 fully saturated rings. The minimum absolute atomic E-state index is 0.335. The van der Waals surface area contributed by atoms with Gasteiger partial charge in [0.2, 0.25) is 10.0 Å². The van der Waals surface area contributed by atoms with Gasteiger partial charge in [0.1, 0.15) is 0 Å². The third-order valence-corrected chi connectivity index (χ3v) is 5.67. The van der Waals surface area contributed by atoms with Crippen LogP contribution in [0.15, 0.2) is 29.2 Å². The quantitative estimate of drug-likeness (QED) is 0.830. The molecule has 0 aliphatic carbocycles. The number of hydrogen-bond donors (Lipinski definition) is 1. The maximum Gasteiger partial charge on any atom is 0.240 e. The van der Waals surface area contributed by atoms with Crippen molar-refractivity contribution in [1.82, 2.24) is 9.62 Å². The fourth-order valence-electron chi connectivity index (χ4n) is 2.46. The fourth-order valence-corrected chi connectivity index (χ4v) is 3.48. The van der Waals surface area contributed by atoms with Crippen molar-refractivity contribution in [3.63, 3.8) is 0 Å². The zero-order chi connectivity index (χ0) is 16.0. The van der Waals surface area contributed by atoms with Crippen molar-refractivity contribution in [2.24, 2.45) is 0 Å². The molecule has 1 aromatic rings. The van der Waals surface area contributed by atoms with E-state index in [1.54, 1.807) is 12.1 Å². The Hall–Kier alpha value is -0.950. The highest BCUT2D eigenvalue weighted by atomic mass is 32.2. The lowest BCUT2D eigenvalue weighted by molar-refractivity contribution is 0.0390. The topological polar surface area (TPSA) is 58.6 Å². The Morgan fingerprint density at radius 2 is 1.86 bits per heavy atom. The summed E-state index contributed by atoms with van der Waals surface area (Å²) in [5.41, 5.74) is 1.18. The van der Waals surface area contributed by atoms with Crippen LogP contribution < -0.4 is 4.72 Å². The third kappa shape index (κ3) is 4.78. The Balaban J connectivity index is 1.89. The molecule has 1 aromatic carbocycles. The van der Waals surface area contributed by atoms with E-state index in [0.29, 0.717) is 23.9 Å². The summed E-state index contributed by atoms with van der Waals surface area (Å²) in [6, 6.07) is 7.20. The van der Waals surface area contributed by atoms with Gasteiger partial charge in [-0.1, -0.05) is 26.0 Å². The van der Waals surface area contributed by atoms with Crippen LogP contribution in [0.5, 0.6) is 0 Å². The smallest absolute Gasteiger partial charge is 0.240 e. The first-order chi connectivity index (χ1) is 10.5. The van der Waals surface area contributed by atoms with E-state index in [1.807, 2.05) is 12.1 Å². The summed E-state index contributed by atoms with van der Waals surface area (Å²) in [4.78, 5) is 2.54. The second-order valence-corrected chi connectivity index (χ2v) is 7.50. The van der Waals surface area contributed by atoms with Gasteiger partial charge in [-0.15, -0.1) is 0 Å². The summed E-state index contributed by atoms with van der Waals surface area (Å²) in [7, 11) is -3.42. The van der Waals surface area contributed by atoms with E-state index in [9.17, 15) is 8.42 Å². The number of morpholine rings is 1. The first kappa shape index (κ1) is 17.4. The number of hydrogen-bond acceptors (Lipinski definition) is 4. The molecule has 1 aliphatic rings. The standard InChI is InChI=1S/C16H26N2O3S/c1-3-14(2)15-4-6-16(7-5-15)22(19,20)17-8-9-18-10-12-21-13-11-18/h4-7,14,17H,3,8-13H2,1-2H3. The Kier molecular flexibility index (Phi) is 6.37. The number of nitrogens with one attached hydrogen (secondary N) is 1. The Morgan fingerprint density at radius 1 is 1.23 bits per heavy atom. The Bertz CT molecular complexity index is 551. The Morgan fingerprint density at radius 3 is 2.45 bits per heavy atom. The lowest BCUT2D eigenvalue weighted by Crippen LogP contribution is -2.41. The first-order valence-corrected chi connectivity index (χ1v) is 9.41. The van der Waals surface area contributed by atoms with Crippen molar-refractivity contribution >= 4 is 10.0 Å². The van der Waals surface area contributed by atoms with Crippen molar-refractivity contribution in [2.75, 3.05) is 39.4 Å². The van der Waals surface area contributed by atoms with Crippen LogP contribution in [0.25, 0.3) is 0 Å². The van der Waals surface area contributed by atoms with Crippen LogP contribution in [0, 0.1) is 0 Å². The molecule has 0 amide bonds. The maximum atomic E-state index is 12.3. The molecule has 5 nitrogen and oxygen atoms in total. The van der Waals surface area contributed by atoms with Crippen molar-refractivity contribution in [3.8, 4) is 0 Å². The van der Waals surface area contributed by atoms with Gasteiger partial charge in [0.15, 0.2) is 0 Å². The maximum absolute atomic E-state index is 12.3. The highest BCUT2D eigenvalue weighted by Gasteiger charge is 2.15. The molecule has 1 saturated heterocycles. The summed E-state index contributed by atoms with van der Waals surface area (Å²) in [6.45, 7) is 8.60. The Labute approximate surface area is 133 Å². The van der Waals surface area contributed by atoms with Gasteiger partial charge in [-0.05, 0) is 30.0 Å². The molecule has 1 atom stereocenters. The number of sulfonamides is 1. The number of benzene rings is 1. The second-order valence-electron chi connectivity index (χ2n) is 5.73. The molecule has 124 valence electrons. The highest BCUT2D eigenvalue weighted by molar-refractivity contribution is 7.89. The van der Waals surface area contributed by atoms with Crippen LogP contribution >= 0.6 is 0 Å². The summed E-state index contributed by atoms with van der Waals surface area (Å²) < 4.78 is 32.5. The van der Waals surface area contributed by atoms with E-state index in [0.717, 1.165) is 32.7 Å². The van der Waals surface area contributed by atoms with Gasteiger partial charge in [-0.3, -0.25) is 4.90 Å². The van der Waals surface area contributed by atoms with E-state index in [-0.39, 0.29) is 0 Å². The van der Waals surface area contributed by atoms with Gasteiger partial charge in [0.25, 0.3) is 0 Å². The van der Waals surface area contributed by atoms with Gasteiger partial charge in [-0.25, -0.2) is 13.1 Å². The van der Waals surface area contributed by atoms with E-state index in [1.165, 1.54) is 5.56 Å². The predicted octanol–water partition coefficient (Wildman–Crippen LogP) is 1.81. The summed E-state index contributed by atoms with van der Waals surface area (Å²) in [6.07, 6.45) is 1.05. The molecule has 0 aromatic heterocycles. The monoisotopic (exact) mass is 326 g/mol. The largest absolute Gasteiger partial charge is 0.379 e. The molecule has 6 heteroatoms. The van der Waals surface area contributed by atoms with Crippen LogP contribution in [0.2, 0.25) is 0 Å². The van der Waals surface area contributed by atoms with Crippen molar-refractivity contribution in [3.05, 3.63) is 29.8 Å². The lowest BCUT2D eigenvalue weighted by atomic mass is 9.99. The number of nitrogens with zero attached hydrogens (tertiary/aromatic N) is 1. The normalized spacial score (nSPS) is 18.3. The van der Waals surface area contributed by atoms with Gasteiger partial charge in [-0.2, -0.15) is 0 Å².